The van der Waals surface area contributed by atoms with Crippen LogP contribution in [0.15, 0.2) is 58.6 Å². The number of non-ortho nitro benzene ring substituents is 2. The van der Waals surface area contributed by atoms with Gasteiger partial charge >= 0.3 is 0 Å². The highest BCUT2D eigenvalue weighted by Crippen LogP contribution is 2.35. The van der Waals surface area contributed by atoms with Crippen LogP contribution in [0.5, 0.6) is 23.0 Å². The van der Waals surface area contributed by atoms with Crippen molar-refractivity contribution >= 4 is 29.3 Å². The summed E-state index contributed by atoms with van der Waals surface area (Å²) >= 11 is 0. The summed E-state index contributed by atoms with van der Waals surface area (Å²) in [6.07, 6.45) is 3.14. The zero-order valence-electron chi connectivity index (χ0n) is 28.8. The molecule has 0 saturated carbocycles. The van der Waals surface area contributed by atoms with Crippen molar-refractivity contribution in [1.82, 2.24) is 30.2 Å². The largest absolute Gasteiger partial charge is 0.504 e. The lowest BCUT2D eigenvalue weighted by molar-refractivity contribution is -0.385. The molecule has 0 aliphatic carbocycles. The third-order valence-corrected chi connectivity index (χ3v) is 8.08. The van der Waals surface area contributed by atoms with E-state index in [-0.39, 0.29) is 45.3 Å². The predicted octanol–water partition coefficient (Wildman–Crippen LogP) is 1.02. The molecule has 0 atom stereocenters. The lowest BCUT2D eigenvalue weighted by Gasteiger charge is -2.35. The van der Waals surface area contributed by atoms with Gasteiger partial charge in [0.15, 0.2) is 29.3 Å². The van der Waals surface area contributed by atoms with Gasteiger partial charge in [-0.25, -0.2) is 9.97 Å². The molecule has 4 aromatic rings. The monoisotopic (exact) mass is 738 g/mol. The van der Waals surface area contributed by atoms with E-state index in [2.05, 4.69) is 39.8 Å². The number of benzene rings is 2. The number of anilines is 2. The van der Waals surface area contributed by atoms with Gasteiger partial charge in [0.25, 0.3) is 22.5 Å². The van der Waals surface area contributed by atoms with Crippen LogP contribution in [0.4, 0.5) is 23.0 Å². The first-order chi connectivity index (χ1) is 25.4. The van der Waals surface area contributed by atoms with Crippen molar-refractivity contribution in [2.75, 3.05) is 76.4 Å². The molecule has 0 amide bonds. The van der Waals surface area contributed by atoms with Crippen molar-refractivity contribution in [3.8, 4) is 23.0 Å². The molecular formula is C32H38N10O11. The van der Waals surface area contributed by atoms with Gasteiger partial charge in [-0.15, -0.1) is 0 Å². The number of nitro groups is 2. The minimum Gasteiger partial charge on any atom is -0.504 e. The number of piperazine rings is 2. The number of ether oxygens (including phenoxy) is 2. The Bertz CT molecular complexity index is 2010. The number of aromatic nitrogens is 4. The number of aldehydes is 1. The van der Waals surface area contributed by atoms with Crippen molar-refractivity contribution < 1.29 is 34.3 Å². The second-order valence-electron chi connectivity index (χ2n) is 11.4. The summed E-state index contributed by atoms with van der Waals surface area (Å²) in [4.78, 5) is 72.5. The maximum atomic E-state index is 11.4. The summed E-state index contributed by atoms with van der Waals surface area (Å²) < 4.78 is 9.69. The number of aromatic amines is 2. The number of rotatable bonds is 9. The first kappa shape index (κ1) is 39.2. The van der Waals surface area contributed by atoms with Gasteiger partial charge in [0, 0.05) is 88.7 Å². The molecule has 282 valence electrons. The zero-order chi connectivity index (χ0) is 38.5. The van der Waals surface area contributed by atoms with Gasteiger partial charge in [0.2, 0.25) is 0 Å². The van der Waals surface area contributed by atoms with Crippen LogP contribution in [-0.4, -0.2) is 118 Å². The Morgan fingerprint density at radius 1 is 0.755 bits per heavy atom. The quantitative estimate of drug-likeness (QED) is 0.0910. The summed E-state index contributed by atoms with van der Waals surface area (Å²) in [7, 11) is 2.60. The highest BCUT2D eigenvalue weighted by molar-refractivity contribution is 5.82. The summed E-state index contributed by atoms with van der Waals surface area (Å²) in [6, 6.07) is 7.57. The molecule has 2 aliphatic heterocycles. The van der Waals surface area contributed by atoms with Crippen molar-refractivity contribution in [2.45, 2.75) is 6.54 Å². The van der Waals surface area contributed by atoms with E-state index in [1.54, 1.807) is 0 Å². The second-order valence-corrected chi connectivity index (χ2v) is 11.4. The van der Waals surface area contributed by atoms with E-state index in [1.165, 1.54) is 51.1 Å². The SMILES string of the molecule is COc1cc([N+](=O)[O-])cc(C=O)c1O.COc1cc([N+](=O)[O-])cc(CN2CCN(c3cc(=O)[nH]cn3)CC2)c1O.O=c1cc(N2CCNCC2)nc[nH]1. The highest BCUT2D eigenvalue weighted by atomic mass is 16.6. The van der Waals surface area contributed by atoms with Crippen LogP contribution < -0.4 is 35.7 Å². The maximum Gasteiger partial charge on any atom is 0.274 e. The number of phenolic OH excluding ortho intramolecular Hbond substituents is 2. The van der Waals surface area contributed by atoms with Crippen LogP contribution in [0.3, 0.4) is 0 Å². The van der Waals surface area contributed by atoms with Gasteiger partial charge < -0.3 is 44.8 Å². The van der Waals surface area contributed by atoms with E-state index in [0.717, 1.165) is 44.1 Å². The van der Waals surface area contributed by atoms with Gasteiger partial charge in [-0.05, 0) is 0 Å². The van der Waals surface area contributed by atoms with Gasteiger partial charge in [-0.3, -0.25) is 39.5 Å². The number of nitro benzene ring substituents is 2. The predicted molar refractivity (Wildman–Crippen MR) is 190 cm³/mol. The standard InChI is InChI=1S/C16H19N5O5.C8H12N4O.C8H7NO5/c1-26-13-7-12(21(24)25)6-11(16(13)23)9-19-2-4-20(5-3-19)14-8-15(22)18-10-17-14;13-8-5-7(10-6-11-8)12-3-1-9-2-4-12;1-14-7-3-6(9(12)13)2-5(4-10)8(7)11/h6-8,10,23H,2-5,9H2,1H3,(H,17,18,22);5-6,9H,1-4H2,(H,10,11,13);2-4,11H,1H3. The number of hydrogen-bond acceptors (Lipinski definition) is 17. The Balaban J connectivity index is 0.000000196. The van der Waals surface area contributed by atoms with Crippen molar-refractivity contribution in [3.05, 3.63) is 101 Å². The van der Waals surface area contributed by atoms with E-state index < -0.39 is 15.6 Å². The molecule has 53 heavy (non-hydrogen) atoms. The minimum atomic E-state index is -0.672. The molecule has 5 N–H and O–H groups in total. The van der Waals surface area contributed by atoms with Crippen LogP contribution in [0.25, 0.3) is 0 Å². The molecule has 2 aromatic heterocycles. The number of carbonyl (C=O) groups is 1. The third kappa shape index (κ3) is 10.7. The van der Waals surface area contributed by atoms with Crippen LogP contribution in [-0.2, 0) is 6.54 Å². The Labute approximate surface area is 300 Å². The van der Waals surface area contributed by atoms with Crippen LogP contribution in [0.1, 0.15) is 15.9 Å². The fraction of sp³-hybridized carbons (Fsp3) is 0.344. The van der Waals surface area contributed by atoms with Gasteiger partial charge in [-0.1, -0.05) is 0 Å². The maximum absolute atomic E-state index is 11.4. The molecule has 0 unspecified atom stereocenters. The van der Waals surface area contributed by atoms with E-state index in [4.69, 9.17) is 4.74 Å². The molecule has 0 bridgehead atoms. The number of nitrogens with one attached hydrogen (secondary N) is 3. The molecule has 4 heterocycles. The smallest absolute Gasteiger partial charge is 0.274 e. The first-order valence-corrected chi connectivity index (χ1v) is 16.0. The minimum absolute atomic E-state index is 0.0838. The van der Waals surface area contributed by atoms with Crippen LogP contribution in [0, 0.1) is 20.2 Å². The number of phenols is 2. The molecule has 0 spiro atoms. The lowest BCUT2D eigenvalue weighted by Crippen LogP contribution is -2.46. The van der Waals surface area contributed by atoms with Crippen molar-refractivity contribution in [1.29, 1.82) is 0 Å². The molecule has 6 rings (SSSR count). The van der Waals surface area contributed by atoms with Crippen LogP contribution in [0.2, 0.25) is 0 Å². The van der Waals surface area contributed by atoms with Crippen LogP contribution >= 0.6 is 0 Å². The molecule has 2 aromatic carbocycles. The number of methoxy groups -OCH3 is 2. The number of nitrogens with zero attached hydrogens (tertiary/aromatic N) is 7. The topological polar surface area (TPSA) is 276 Å². The average Bonchev–Trinajstić information content (AvgIpc) is 3.16. The van der Waals surface area contributed by atoms with E-state index in [0.29, 0.717) is 50.4 Å². The summed E-state index contributed by atoms with van der Waals surface area (Å²) in [5.74, 6) is 0.894. The average molecular weight is 739 g/mol. The van der Waals surface area contributed by atoms with E-state index in [1.807, 2.05) is 4.90 Å². The fourth-order valence-electron chi connectivity index (χ4n) is 5.33. The summed E-state index contributed by atoms with van der Waals surface area (Å²) in [5, 5.41) is 44.3. The molecule has 21 nitrogen and oxygen atoms in total. The van der Waals surface area contributed by atoms with Crippen molar-refractivity contribution in [3.63, 3.8) is 0 Å². The Morgan fingerprint density at radius 3 is 1.72 bits per heavy atom. The Morgan fingerprint density at radius 2 is 1.25 bits per heavy atom. The summed E-state index contributed by atoms with van der Waals surface area (Å²) in [6.45, 7) is 6.74. The van der Waals surface area contributed by atoms with E-state index >= 15 is 0 Å². The summed E-state index contributed by atoms with van der Waals surface area (Å²) in [5.41, 5.74) is -0.452. The van der Waals surface area contributed by atoms with Gasteiger partial charge in [0.05, 0.1) is 54.4 Å². The molecule has 0 radical (unpaired) electrons. The number of hydrogen-bond donors (Lipinski definition) is 5. The normalized spacial score (nSPS) is 14.2. The zero-order valence-corrected chi connectivity index (χ0v) is 28.8. The third-order valence-electron chi connectivity index (χ3n) is 8.08. The van der Waals surface area contributed by atoms with Gasteiger partial charge in [0.1, 0.15) is 11.6 Å². The lowest BCUT2D eigenvalue weighted by atomic mass is 10.1. The van der Waals surface area contributed by atoms with E-state index in [9.17, 15) is 44.8 Å². The van der Waals surface area contributed by atoms with Crippen molar-refractivity contribution in [2.24, 2.45) is 0 Å². The van der Waals surface area contributed by atoms with Gasteiger partial charge in [-0.2, -0.15) is 0 Å². The molecular weight excluding hydrogens is 700 g/mol. The second kappa shape index (κ2) is 18.6. The highest BCUT2D eigenvalue weighted by Gasteiger charge is 2.23. The number of carbonyl (C=O) groups excluding carboxylic acids is 1. The molecule has 21 heteroatoms. The molecule has 2 saturated heterocycles. The Hall–Kier alpha value is -6.61. The number of aromatic hydroxyl groups is 2. The first-order valence-electron chi connectivity index (χ1n) is 16.0. The fourth-order valence-corrected chi connectivity index (χ4v) is 5.33. The Kier molecular flexibility index (Phi) is 13.7. The molecule has 2 aliphatic rings. The molecule has 2 fully saturated rings. The number of H-pyrrole nitrogens is 2.